The van der Waals surface area contributed by atoms with Crippen LogP contribution in [0.1, 0.15) is 12.5 Å². The summed E-state index contributed by atoms with van der Waals surface area (Å²) < 4.78 is 5.35. The fraction of sp³-hybridized carbons (Fsp3) is 0.333. The first-order valence-electron chi connectivity index (χ1n) is 6.42. The van der Waals surface area contributed by atoms with Gasteiger partial charge < -0.3 is 15.4 Å². The number of carbonyl (C=O) groups is 1. The second-order valence-corrected chi connectivity index (χ2v) is 4.94. The number of ether oxygens (including phenoxy) is 1. The Kier molecular flexibility index (Phi) is 3.79. The van der Waals surface area contributed by atoms with Gasteiger partial charge in [-0.2, -0.15) is 4.99 Å². The molecule has 0 aliphatic carbocycles. The molecule has 5 heteroatoms. The maximum atomic E-state index is 11.9. The van der Waals surface area contributed by atoms with E-state index >= 15 is 0 Å². The van der Waals surface area contributed by atoms with Crippen LogP contribution in [0.2, 0.25) is 0 Å². The highest BCUT2D eigenvalue weighted by atomic mass is 16.5. The smallest absolute Gasteiger partial charge is 0.346 e. The first kappa shape index (κ1) is 14.1. The summed E-state index contributed by atoms with van der Waals surface area (Å²) in [7, 11) is 1.62. The molecule has 1 aromatic carbocycles. The highest BCUT2D eigenvalue weighted by molar-refractivity contribution is 6.05. The summed E-state index contributed by atoms with van der Waals surface area (Å²) in [6.45, 7) is 6.00. The van der Waals surface area contributed by atoms with E-state index in [9.17, 15) is 4.79 Å². The number of nitrogens with two attached hydrogens (primary N) is 1. The zero-order valence-corrected chi connectivity index (χ0v) is 11.8. The lowest BCUT2D eigenvalue weighted by molar-refractivity contribution is 0.187. The normalized spacial score (nSPS) is 21.8. The van der Waals surface area contributed by atoms with Crippen LogP contribution in [0.25, 0.3) is 0 Å². The number of carbonyl (C=O) groups excluding carboxylic acids is 1. The van der Waals surface area contributed by atoms with Crippen molar-refractivity contribution in [3.63, 3.8) is 0 Å². The van der Waals surface area contributed by atoms with Gasteiger partial charge in [-0.05, 0) is 18.6 Å². The molecule has 1 unspecified atom stereocenters. The van der Waals surface area contributed by atoms with E-state index in [0.29, 0.717) is 18.8 Å². The zero-order valence-electron chi connectivity index (χ0n) is 11.8. The lowest BCUT2D eigenvalue weighted by atomic mass is 9.90. The summed E-state index contributed by atoms with van der Waals surface area (Å²) in [5, 5.41) is 0. The van der Waals surface area contributed by atoms with E-state index in [1.807, 2.05) is 31.2 Å². The molecule has 2 rings (SSSR count). The molecule has 20 heavy (non-hydrogen) atoms. The first-order chi connectivity index (χ1) is 9.52. The van der Waals surface area contributed by atoms with Gasteiger partial charge in [0, 0.05) is 13.0 Å². The van der Waals surface area contributed by atoms with Crippen molar-refractivity contribution in [1.29, 1.82) is 0 Å². The summed E-state index contributed by atoms with van der Waals surface area (Å²) >= 11 is 0. The Hall–Kier alpha value is -2.30. The van der Waals surface area contributed by atoms with E-state index in [0.717, 1.165) is 11.3 Å². The predicted molar refractivity (Wildman–Crippen MR) is 79.0 cm³/mol. The molecule has 1 aliphatic rings. The molecule has 1 aliphatic heterocycles. The minimum Gasteiger partial charge on any atom is -0.496 e. The maximum Gasteiger partial charge on any atom is 0.346 e. The van der Waals surface area contributed by atoms with Gasteiger partial charge in [-0.3, -0.25) is 0 Å². The number of amides is 2. The van der Waals surface area contributed by atoms with Crippen molar-refractivity contribution >= 4 is 11.9 Å². The molecule has 2 N–H and O–H groups in total. The van der Waals surface area contributed by atoms with Crippen molar-refractivity contribution in [2.75, 3.05) is 13.7 Å². The van der Waals surface area contributed by atoms with Crippen molar-refractivity contribution in [1.82, 2.24) is 4.90 Å². The second-order valence-electron chi connectivity index (χ2n) is 4.94. The molecule has 0 aromatic heterocycles. The fourth-order valence-corrected chi connectivity index (χ4v) is 2.45. The summed E-state index contributed by atoms with van der Waals surface area (Å²) in [6, 6.07) is 7.37. The third-order valence-electron chi connectivity index (χ3n) is 3.63. The van der Waals surface area contributed by atoms with Gasteiger partial charge in [0.1, 0.15) is 17.1 Å². The highest BCUT2D eigenvalue weighted by Gasteiger charge is 2.44. The molecule has 0 bridgehead atoms. The van der Waals surface area contributed by atoms with Crippen LogP contribution in [0, 0.1) is 0 Å². The van der Waals surface area contributed by atoms with Gasteiger partial charge in [0.25, 0.3) is 0 Å². The number of nitrogens with zero attached hydrogens (tertiary/aromatic N) is 2. The Morgan fingerprint density at radius 1 is 1.50 bits per heavy atom. The van der Waals surface area contributed by atoms with Crippen LogP contribution in [0.5, 0.6) is 5.75 Å². The van der Waals surface area contributed by atoms with Crippen molar-refractivity contribution in [3.05, 3.63) is 42.5 Å². The molecule has 106 valence electrons. The van der Waals surface area contributed by atoms with Gasteiger partial charge in [-0.1, -0.05) is 24.3 Å². The van der Waals surface area contributed by atoms with E-state index in [-0.39, 0.29) is 6.03 Å². The Morgan fingerprint density at radius 2 is 2.20 bits per heavy atom. The molecule has 2 amide bonds. The molecule has 1 aromatic rings. The van der Waals surface area contributed by atoms with Gasteiger partial charge in [0.2, 0.25) is 0 Å². The maximum absolute atomic E-state index is 11.9. The summed E-state index contributed by atoms with van der Waals surface area (Å²) in [5.74, 6) is 1.11. The van der Waals surface area contributed by atoms with Gasteiger partial charge in [-0.15, -0.1) is 6.58 Å². The Balaban J connectivity index is 2.36. The minimum absolute atomic E-state index is 0.320. The standard InChI is InChI=1S/C15H19N3O2/c1-4-9-18-14(19)17-13(16)15(18,2)10-11-7-5-6-8-12(11)20-3/h4-8H,1,9-10H2,2-3H3,(H2,16,17,19). The van der Waals surface area contributed by atoms with Crippen LogP contribution >= 0.6 is 0 Å². The third-order valence-corrected chi connectivity index (χ3v) is 3.63. The van der Waals surface area contributed by atoms with Crippen LogP contribution in [-0.4, -0.2) is 36.0 Å². The van der Waals surface area contributed by atoms with E-state index < -0.39 is 5.54 Å². The Morgan fingerprint density at radius 3 is 2.85 bits per heavy atom. The molecule has 0 saturated heterocycles. The number of methoxy groups -OCH3 is 1. The van der Waals surface area contributed by atoms with Crippen LogP contribution in [-0.2, 0) is 6.42 Å². The molecule has 0 radical (unpaired) electrons. The zero-order chi connectivity index (χ0) is 14.8. The van der Waals surface area contributed by atoms with E-state index in [1.165, 1.54) is 0 Å². The summed E-state index contributed by atoms with van der Waals surface area (Å²) in [4.78, 5) is 17.4. The van der Waals surface area contributed by atoms with E-state index in [4.69, 9.17) is 10.5 Å². The largest absolute Gasteiger partial charge is 0.496 e. The van der Waals surface area contributed by atoms with E-state index in [2.05, 4.69) is 11.6 Å². The highest BCUT2D eigenvalue weighted by Crippen LogP contribution is 2.30. The lowest BCUT2D eigenvalue weighted by Crippen LogP contribution is -2.53. The number of aliphatic imine (C=N–C) groups is 1. The minimum atomic E-state index is -0.653. The second kappa shape index (κ2) is 5.36. The summed E-state index contributed by atoms with van der Waals surface area (Å²) in [5.41, 5.74) is 6.31. The Bertz CT molecular complexity index is 568. The van der Waals surface area contributed by atoms with Crippen molar-refractivity contribution in [2.24, 2.45) is 10.7 Å². The average molecular weight is 273 g/mol. The first-order valence-corrected chi connectivity index (χ1v) is 6.42. The molecule has 0 fully saturated rings. The molecule has 1 atom stereocenters. The molecule has 0 saturated carbocycles. The monoisotopic (exact) mass is 273 g/mol. The van der Waals surface area contributed by atoms with Crippen molar-refractivity contribution in [3.8, 4) is 5.75 Å². The molecule has 0 spiro atoms. The number of benzene rings is 1. The number of hydrogen-bond donors (Lipinski definition) is 1. The van der Waals surface area contributed by atoms with Crippen LogP contribution in [0.15, 0.2) is 41.9 Å². The molecule has 1 heterocycles. The fourth-order valence-electron chi connectivity index (χ4n) is 2.45. The lowest BCUT2D eigenvalue weighted by Gasteiger charge is -2.34. The molecular weight excluding hydrogens is 254 g/mol. The van der Waals surface area contributed by atoms with Gasteiger partial charge in [0.15, 0.2) is 0 Å². The van der Waals surface area contributed by atoms with Crippen molar-refractivity contribution < 1.29 is 9.53 Å². The molecular formula is C15H19N3O2. The average Bonchev–Trinajstić information content (AvgIpc) is 2.63. The van der Waals surface area contributed by atoms with Crippen LogP contribution in [0.3, 0.4) is 0 Å². The number of para-hydroxylation sites is 1. The SMILES string of the molecule is C=CCN1C(=O)N=C(N)C1(C)Cc1ccccc1OC. The molecule has 5 nitrogen and oxygen atoms in total. The quantitative estimate of drug-likeness (QED) is 0.834. The number of rotatable bonds is 5. The van der Waals surface area contributed by atoms with Gasteiger partial charge in [0.05, 0.1) is 7.11 Å². The number of amidine groups is 1. The number of urea groups is 1. The van der Waals surface area contributed by atoms with E-state index in [1.54, 1.807) is 18.1 Å². The topological polar surface area (TPSA) is 67.9 Å². The predicted octanol–water partition coefficient (Wildman–Crippen LogP) is 1.98. The third kappa shape index (κ3) is 2.27. The van der Waals surface area contributed by atoms with Crippen LogP contribution < -0.4 is 10.5 Å². The van der Waals surface area contributed by atoms with Gasteiger partial charge >= 0.3 is 6.03 Å². The van der Waals surface area contributed by atoms with Crippen LogP contribution in [0.4, 0.5) is 4.79 Å². The summed E-state index contributed by atoms with van der Waals surface area (Å²) in [6.07, 6.45) is 2.22. The van der Waals surface area contributed by atoms with Gasteiger partial charge in [-0.25, -0.2) is 4.79 Å². The van der Waals surface area contributed by atoms with Crippen molar-refractivity contribution in [2.45, 2.75) is 18.9 Å². The number of hydrogen-bond acceptors (Lipinski definition) is 3. The Labute approximate surface area is 118 Å².